The van der Waals surface area contributed by atoms with Crippen molar-refractivity contribution >= 4 is 12.2 Å². The Hall–Kier alpha value is -0.860. The highest BCUT2D eigenvalue weighted by atomic mass is 16.6. The number of carbonyl (C=O) groups excluding carboxylic acids is 1. The lowest BCUT2D eigenvalue weighted by atomic mass is 10.0. The van der Waals surface area contributed by atoms with Crippen molar-refractivity contribution in [3.8, 4) is 0 Å². The molecule has 0 radical (unpaired) electrons. The van der Waals surface area contributed by atoms with Gasteiger partial charge in [-0.2, -0.15) is 0 Å². The highest BCUT2D eigenvalue weighted by Gasteiger charge is 2.18. The lowest BCUT2D eigenvalue weighted by Gasteiger charge is -2.19. The monoisotopic (exact) mass is 197 g/mol. The third kappa shape index (κ3) is 4.40. The predicted octanol–water partition coefficient (Wildman–Crippen LogP) is 2.20. The maximum Gasteiger partial charge on any atom is 0.306 e. The molecule has 0 saturated carbocycles. The Kier molecular flexibility index (Phi) is 3.67. The van der Waals surface area contributed by atoms with Crippen molar-refractivity contribution in [3.05, 3.63) is 0 Å². The molecule has 0 aromatic carbocycles. The Balaban J connectivity index is 2.15. The van der Waals surface area contributed by atoms with E-state index in [1.807, 2.05) is 27.0 Å². The summed E-state index contributed by atoms with van der Waals surface area (Å²) in [7, 11) is 0. The smallest absolute Gasteiger partial charge is 0.306 e. The number of carbonyl (C=O) groups is 1. The van der Waals surface area contributed by atoms with E-state index in [1.165, 1.54) is 0 Å². The molecule has 1 heterocycles. The zero-order valence-electron chi connectivity index (χ0n) is 9.25. The molecule has 3 nitrogen and oxygen atoms in total. The molecule has 0 saturated heterocycles. The van der Waals surface area contributed by atoms with Gasteiger partial charge in [0.1, 0.15) is 5.60 Å². The zero-order chi connectivity index (χ0) is 10.6. The van der Waals surface area contributed by atoms with Crippen molar-refractivity contribution in [2.45, 2.75) is 45.6 Å². The predicted molar refractivity (Wildman–Crippen MR) is 56.5 cm³/mol. The van der Waals surface area contributed by atoms with Crippen molar-refractivity contribution in [3.63, 3.8) is 0 Å². The maximum atomic E-state index is 11.4. The first-order valence-electron chi connectivity index (χ1n) is 5.17. The van der Waals surface area contributed by atoms with Crippen molar-refractivity contribution < 1.29 is 9.53 Å². The lowest BCUT2D eigenvalue weighted by molar-refractivity contribution is -0.155. The minimum atomic E-state index is -0.358. The fraction of sp³-hybridized carbons (Fsp3) is 0.818. The molecule has 1 aliphatic rings. The minimum Gasteiger partial charge on any atom is -0.460 e. The van der Waals surface area contributed by atoms with Crippen molar-refractivity contribution in [1.29, 1.82) is 0 Å². The van der Waals surface area contributed by atoms with Gasteiger partial charge in [-0.05, 0) is 45.7 Å². The summed E-state index contributed by atoms with van der Waals surface area (Å²) in [6, 6.07) is 0. The van der Waals surface area contributed by atoms with Gasteiger partial charge in [0.25, 0.3) is 0 Å². The maximum absolute atomic E-state index is 11.4. The van der Waals surface area contributed by atoms with Gasteiger partial charge < -0.3 is 4.74 Å². The van der Waals surface area contributed by atoms with E-state index >= 15 is 0 Å². The van der Waals surface area contributed by atoms with Gasteiger partial charge in [0.15, 0.2) is 0 Å². The van der Waals surface area contributed by atoms with Crippen molar-refractivity contribution in [2.75, 3.05) is 6.54 Å². The number of nitrogens with zero attached hydrogens (tertiary/aromatic N) is 1. The SMILES string of the molecule is CC(C)(C)OC(=O)CC[C@@H]1CC=NC1. The first-order valence-corrected chi connectivity index (χ1v) is 5.17. The Morgan fingerprint density at radius 3 is 2.79 bits per heavy atom. The van der Waals surface area contributed by atoms with Crippen molar-refractivity contribution in [1.82, 2.24) is 0 Å². The second kappa shape index (κ2) is 4.58. The van der Waals surface area contributed by atoms with E-state index in [0.717, 1.165) is 19.4 Å². The van der Waals surface area contributed by atoms with Crippen LogP contribution in [-0.4, -0.2) is 24.3 Å². The molecule has 1 rings (SSSR count). The van der Waals surface area contributed by atoms with Crippen LogP contribution in [0.5, 0.6) is 0 Å². The van der Waals surface area contributed by atoms with Crippen LogP contribution in [0, 0.1) is 5.92 Å². The third-order valence-electron chi connectivity index (χ3n) is 2.11. The van der Waals surface area contributed by atoms with E-state index in [0.29, 0.717) is 12.3 Å². The summed E-state index contributed by atoms with van der Waals surface area (Å²) in [4.78, 5) is 15.5. The number of hydrogen-bond donors (Lipinski definition) is 0. The average molecular weight is 197 g/mol. The summed E-state index contributed by atoms with van der Waals surface area (Å²) >= 11 is 0. The van der Waals surface area contributed by atoms with E-state index in [4.69, 9.17) is 4.74 Å². The van der Waals surface area contributed by atoms with Gasteiger partial charge in [-0.25, -0.2) is 0 Å². The molecule has 1 aliphatic heterocycles. The normalized spacial score (nSPS) is 21.2. The van der Waals surface area contributed by atoms with Crippen LogP contribution >= 0.6 is 0 Å². The molecule has 14 heavy (non-hydrogen) atoms. The molecule has 0 aromatic heterocycles. The van der Waals surface area contributed by atoms with E-state index in [9.17, 15) is 4.79 Å². The van der Waals surface area contributed by atoms with Gasteiger partial charge >= 0.3 is 5.97 Å². The minimum absolute atomic E-state index is 0.0931. The van der Waals surface area contributed by atoms with Gasteiger partial charge in [-0.15, -0.1) is 0 Å². The van der Waals surface area contributed by atoms with E-state index in [1.54, 1.807) is 0 Å². The van der Waals surface area contributed by atoms with Crippen LogP contribution in [0.15, 0.2) is 4.99 Å². The van der Waals surface area contributed by atoms with Crippen LogP contribution in [0.2, 0.25) is 0 Å². The molecular weight excluding hydrogens is 178 g/mol. The number of rotatable bonds is 3. The van der Waals surface area contributed by atoms with Crippen LogP contribution < -0.4 is 0 Å². The second-order valence-corrected chi connectivity index (χ2v) is 4.77. The molecule has 0 unspecified atom stereocenters. The summed E-state index contributed by atoms with van der Waals surface area (Å²) in [6.45, 7) is 6.56. The Morgan fingerprint density at radius 2 is 2.29 bits per heavy atom. The molecule has 0 fully saturated rings. The van der Waals surface area contributed by atoms with Gasteiger partial charge in [0.05, 0.1) is 0 Å². The summed E-state index contributed by atoms with van der Waals surface area (Å²) in [5, 5.41) is 0. The zero-order valence-corrected chi connectivity index (χ0v) is 9.25. The second-order valence-electron chi connectivity index (χ2n) is 4.77. The number of ether oxygens (including phenoxy) is 1. The van der Waals surface area contributed by atoms with Crippen LogP contribution in [0.25, 0.3) is 0 Å². The molecule has 0 spiro atoms. The molecule has 0 N–H and O–H groups in total. The summed E-state index contributed by atoms with van der Waals surface area (Å²) in [5.74, 6) is 0.465. The average Bonchev–Trinajstić information content (AvgIpc) is 2.49. The number of hydrogen-bond acceptors (Lipinski definition) is 3. The summed E-state index contributed by atoms with van der Waals surface area (Å²) in [5.41, 5.74) is -0.358. The van der Waals surface area contributed by atoms with Gasteiger partial charge in [0, 0.05) is 13.0 Å². The van der Waals surface area contributed by atoms with Gasteiger partial charge in [0.2, 0.25) is 0 Å². The lowest BCUT2D eigenvalue weighted by Crippen LogP contribution is -2.24. The number of esters is 1. The molecule has 0 amide bonds. The third-order valence-corrected chi connectivity index (χ3v) is 2.11. The first-order chi connectivity index (χ1) is 6.47. The summed E-state index contributed by atoms with van der Waals surface area (Å²) < 4.78 is 5.22. The highest BCUT2D eigenvalue weighted by molar-refractivity contribution is 5.70. The largest absolute Gasteiger partial charge is 0.460 e. The van der Waals surface area contributed by atoms with E-state index < -0.39 is 0 Å². The Labute approximate surface area is 85.6 Å². The van der Waals surface area contributed by atoms with Crippen LogP contribution in [0.1, 0.15) is 40.0 Å². The Bertz CT molecular complexity index is 220. The van der Waals surface area contributed by atoms with Crippen molar-refractivity contribution in [2.24, 2.45) is 10.9 Å². The highest BCUT2D eigenvalue weighted by Crippen LogP contribution is 2.17. The van der Waals surface area contributed by atoms with Crippen LogP contribution in [0.4, 0.5) is 0 Å². The molecule has 0 aromatic rings. The standard InChI is InChI=1S/C11H19NO2/c1-11(2,3)14-10(13)5-4-9-6-7-12-8-9/h7,9H,4-6,8H2,1-3H3/t9-/m1/s1. The quantitative estimate of drug-likeness (QED) is 0.650. The van der Waals surface area contributed by atoms with Gasteiger partial charge in [-0.1, -0.05) is 0 Å². The number of aliphatic imine (C=N–C) groups is 1. The fourth-order valence-corrected chi connectivity index (χ4v) is 1.45. The molecule has 3 heteroatoms. The van der Waals surface area contributed by atoms with E-state index in [-0.39, 0.29) is 11.6 Å². The van der Waals surface area contributed by atoms with Crippen LogP contribution in [0.3, 0.4) is 0 Å². The fourth-order valence-electron chi connectivity index (χ4n) is 1.45. The van der Waals surface area contributed by atoms with Gasteiger partial charge in [-0.3, -0.25) is 9.79 Å². The first kappa shape index (κ1) is 11.2. The summed E-state index contributed by atoms with van der Waals surface area (Å²) in [6.07, 6.45) is 4.38. The Morgan fingerprint density at radius 1 is 1.57 bits per heavy atom. The topological polar surface area (TPSA) is 38.7 Å². The molecular formula is C11H19NO2. The molecule has 0 bridgehead atoms. The molecule has 80 valence electrons. The van der Waals surface area contributed by atoms with E-state index in [2.05, 4.69) is 4.99 Å². The molecule has 0 aliphatic carbocycles. The van der Waals surface area contributed by atoms with Crippen LogP contribution in [-0.2, 0) is 9.53 Å². The molecule has 1 atom stereocenters.